The number of rotatable bonds is 8. The summed E-state index contributed by atoms with van der Waals surface area (Å²) < 4.78 is 0. The number of hydrogen-bond donors (Lipinski definition) is 5. The standard InChI is InChI=1S/C19H24ClN7OS/c1-4-6-7-13(5-2)18(23)29-16(22)10-25-19(28)14(21)11-27(24)15-9-8-12(3)26-17(15)20/h4-9,11,22-23H,1,10,21,24H2,2-3H3,(H,25,28)/b7-6-,13-5+,14-11-,22-16?,23-18?. The first-order valence-corrected chi connectivity index (χ1v) is 9.61. The highest BCUT2D eigenvalue weighted by molar-refractivity contribution is 8.26. The lowest BCUT2D eigenvalue weighted by Gasteiger charge is -2.16. The molecule has 29 heavy (non-hydrogen) atoms. The highest BCUT2D eigenvalue weighted by Crippen LogP contribution is 2.22. The number of pyridine rings is 1. The number of halogens is 1. The zero-order chi connectivity index (χ0) is 22.0. The average molecular weight is 434 g/mol. The zero-order valence-electron chi connectivity index (χ0n) is 16.2. The molecule has 0 saturated heterocycles. The number of nitrogens with one attached hydrogen (secondary N) is 3. The third-order valence-electron chi connectivity index (χ3n) is 3.41. The van der Waals surface area contributed by atoms with Gasteiger partial charge in [0.15, 0.2) is 5.15 Å². The number of anilines is 1. The van der Waals surface area contributed by atoms with Crippen molar-refractivity contribution in [1.82, 2.24) is 10.3 Å². The third kappa shape index (κ3) is 7.94. The maximum atomic E-state index is 12.1. The Labute approximate surface area is 179 Å². The molecule has 8 nitrogen and oxygen atoms in total. The molecular weight excluding hydrogens is 410 g/mol. The highest BCUT2D eigenvalue weighted by atomic mass is 35.5. The summed E-state index contributed by atoms with van der Waals surface area (Å²) in [4.78, 5) is 16.2. The number of aryl methyl sites for hydroxylation is 1. The average Bonchev–Trinajstić information content (AvgIpc) is 2.66. The molecule has 0 radical (unpaired) electrons. The molecule has 1 heterocycles. The van der Waals surface area contributed by atoms with Crippen LogP contribution < -0.4 is 21.9 Å². The number of hydrazine groups is 1. The quantitative estimate of drug-likeness (QED) is 0.0810. The van der Waals surface area contributed by atoms with Gasteiger partial charge in [-0.1, -0.05) is 54.2 Å². The van der Waals surface area contributed by atoms with Gasteiger partial charge in [-0.15, -0.1) is 0 Å². The van der Waals surface area contributed by atoms with Gasteiger partial charge in [-0.3, -0.25) is 20.6 Å². The topological polar surface area (TPSA) is 145 Å². The monoisotopic (exact) mass is 433 g/mol. The molecule has 0 unspecified atom stereocenters. The van der Waals surface area contributed by atoms with Gasteiger partial charge in [0, 0.05) is 11.3 Å². The lowest BCUT2D eigenvalue weighted by Crippen LogP contribution is -2.35. The SMILES string of the molecule is C=C/C=C\C(=C/C)C(=N)SC(=N)CNC(=O)/C(N)=C/N(N)c1ccc(C)nc1Cl. The van der Waals surface area contributed by atoms with Gasteiger partial charge >= 0.3 is 0 Å². The molecular formula is C19H24ClN7OS. The molecule has 0 aliphatic heterocycles. The fourth-order valence-electron chi connectivity index (χ4n) is 1.94. The van der Waals surface area contributed by atoms with E-state index in [0.717, 1.165) is 22.5 Å². The molecule has 1 aromatic rings. The van der Waals surface area contributed by atoms with Gasteiger partial charge in [0.2, 0.25) is 0 Å². The number of nitrogens with two attached hydrogens (primary N) is 2. The lowest BCUT2D eigenvalue weighted by molar-refractivity contribution is -0.117. The molecule has 10 heteroatoms. The van der Waals surface area contributed by atoms with Crippen molar-refractivity contribution in [2.45, 2.75) is 13.8 Å². The number of carbonyl (C=O) groups excluding carboxylic acids is 1. The molecule has 0 fully saturated rings. The lowest BCUT2D eigenvalue weighted by atomic mass is 10.2. The molecule has 0 bridgehead atoms. The van der Waals surface area contributed by atoms with E-state index in [1.807, 2.05) is 0 Å². The van der Waals surface area contributed by atoms with Gasteiger partial charge in [-0.2, -0.15) is 0 Å². The number of amides is 1. The Balaban J connectivity index is 2.65. The van der Waals surface area contributed by atoms with Gasteiger partial charge in [-0.05, 0) is 26.0 Å². The van der Waals surface area contributed by atoms with Gasteiger partial charge < -0.3 is 11.1 Å². The second kappa shape index (κ2) is 11.8. The summed E-state index contributed by atoms with van der Waals surface area (Å²) in [5.41, 5.74) is 7.36. The molecule has 0 aliphatic rings. The third-order valence-corrected chi connectivity index (χ3v) is 4.52. The van der Waals surface area contributed by atoms with Crippen molar-refractivity contribution >= 4 is 45.0 Å². The number of nitrogens with zero attached hydrogens (tertiary/aromatic N) is 2. The van der Waals surface area contributed by atoms with E-state index in [0.29, 0.717) is 11.3 Å². The van der Waals surface area contributed by atoms with Gasteiger partial charge in [0.25, 0.3) is 5.91 Å². The summed E-state index contributed by atoms with van der Waals surface area (Å²) in [6.07, 6.45) is 7.99. The fraction of sp³-hybridized carbons (Fsp3) is 0.158. The van der Waals surface area contributed by atoms with Crippen LogP contribution in [0.25, 0.3) is 0 Å². The molecule has 154 valence electrons. The minimum Gasteiger partial charge on any atom is -0.393 e. The van der Waals surface area contributed by atoms with Gasteiger partial charge in [-0.25, -0.2) is 10.8 Å². The first-order chi connectivity index (χ1) is 13.7. The summed E-state index contributed by atoms with van der Waals surface area (Å²) in [5, 5.41) is 20.0. The maximum absolute atomic E-state index is 12.1. The highest BCUT2D eigenvalue weighted by Gasteiger charge is 2.12. The van der Waals surface area contributed by atoms with Crippen LogP contribution >= 0.6 is 23.4 Å². The molecule has 1 aromatic heterocycles. The van der Waals surface area contributed by atoms with Crippen molar-refractivity contribution in [2.75, 3.05) is 11.6 Å². The largest absolute Gasteiger partial charge is 0.393 e. The second-order valence-corrected chi connectivity index (χ2v) is 7.09. The van der Waals surface area contributed by atoms with Crippen LogP contribution in [0.3, 0.4) is 0 Å². The molecule has 0 saturated carbocycles. The Hall–Kier alpha value is -2.88. The van der Waals surface area contributed by atoms with Gasteiger partial charge in [0.05, 0.1) is 28.5 Å². The second-order valence-electron chi connectivity index (χ2n) is 5.63. The van der Waals surface area contributed by atoms with E-state index in [-0.39, 0.29) is 27.5 Å². The summed E-state index contributed by atoms with van der Waals surface area (Å²) >= 11 is 6.97. The van der Waals surface area contributed by atoms with E-state index in [1.54, 1.807) is 50.3 Å². The minimum absolute atomic E-state index is 0.0814. The van der Waals surface area contributed by atoms with Crippen LogP contribution in [0.4, 0.5) is 5.69 Å². The number of hydrogen-bond acceptors (Lipinski definition) is 8. The maximum Gasteiger partial charge on any atom is 0.269 e. The first kappa shape index (κ1) is 24.2. The molecule has 7 N–H and O–H groups in total. The van der Waals surface area contributed by atoms with E-state index in [4.69, 9.17) is 34.0 Å². The molecule has 1 amide bonds. The number of allylic oxidation sites excluding steroid dienone is 4. The van der Waals surface area contributed by atoms with Crippen molar-refractivity contribution in [3.05, 3.63) is 71.3 Å². The Bertz CT molecular complexity index is 893. The van der Waals surface area contributed by atoms with Crippen LogP contribution in [-0.2, 0) is 4.79 Å². The normalized spacial score (nSPS) is 12.0. The summed E-state index contributed by atoms with van der Waals surface area (Å²) in [6, 6.07) is 3.38. The van der Waals surface area contributed by atoms with Crippen molar-refractivity contribution in [3.8, 4) is 0 Å². The number of thioether (sulfide) groups is 1. The van der Waals surface area contributed by atoms with Crippen LogP contribution in [0.5, 0.6) is 0 Å². The predicted molar refractivity (Wildman–Crippen MR) is 122 cm³/mol. The Morgan fingerprint density at radius 1 is 1.45 bits per heavy atom. The van der Waals surface area contributed by atoms with E-state index >= 15 is 0 Å². The van der Waals surface area contributed by atoms with E-state index in [2.05, 4.69) is 16.9 Å². The molecule has 0 spiro atoms. The Morgan fingerprint density at radius 3 is 2.72 bits per heavy atom. The molecule has 0 aliphatic carbocycles. The predicted octanol–water partition coefficient (Wildman–Crippen LogP) is 3.02. The van der Waals surface area contributed by atoms with Crippen LogP contribution in [0.2, 0.25) is 5.15 Å². The van der Waals surface area contributed by atoms with Crippen molar-refractivity contribution in [2.24, 2.45) is 11.6 Å². The van der Waals surface area contributed by atoms with Crippen LogP contribution in [0.15, 0.2) is 60.5 Å². The van der Waals surface area contributed by atoms with Crippen molar-refractivity contribution < 1.29 is 4.79 Å². The van der Waals surface area contributed by atoms with Crippen LogP contribution in [0, 0.1) is 17.7 Å². The van der Waals surface area contributed by atoms with Crippen LogP contribution in [0.1, 0.15) is 12.6 Å². The van der Waals surface area contributed by atoms with E-state index < -0.39 is 5.91 Å². The molecule has 0 aromatic carbocycles. The summed E-state index contributed by atoms with van der Waals surface area (Å²) in [6.45, 7) is 7.08. The Kier molecular flexibility index (Phi) is 9.87. The van der Waals surface area contributed by atoms with E-state index in [9.17, 15) is 4.79 Å². The fourth-order valence-corrected chi connectivity index (χ4v) is 2.93. The Morgan fingerprint density at radius 2 is 2.14 bits per heavy atom. The van der Waals surface area contributed by atoms with Crippen molar-refractivity contribution in [3.63, 3.8) is 0 Å². The first-order valence-electron chi connectivity index (χ1n) is 8.41. The smallest absolute Gasteiger partial charge is 0.269 e. The van der Waals surface area contributed by atoms with Crippen LogP contribution in [-0.4, -0.2) is 27.5 Å². The number of aromatic nitrogens is 1. The molecule has 1 rings (SSSR count). The summed E-state index contributed by atoms with van der Waals surface area (Å²) in [5.74, 6) is 5.27. The minimum atomic E-state index is -0.605. The van der Waals surface area contributed by atoms with Crippen molar-refractivity contribution in [1.29, 1.82) is 10.8 Å². The van der Waals surface area contributed by atoms with E-state index in [1.165, 1.54) is 6.20 Å². The zero-order valence-corrected chi connectivity index (χ0v) is 17.8. The summed E-state index contributed by atoms with van der Waals surface area (Å²) in [7, 11) is 0. The number of carbonyl (C=O) groups is 1. The van der Waals surface area contributed by atoms with Gasteiger partial charge in [0.1, 0.15) is 5.70 Å². The molecule has 0 atom stereocenters.